The number of rotatable bonds is 4. The molecule has 1 aromatic carbocycles. The van der Waals surface area contributed by atoms with E-state index in [2.05, 4.69) is 32.4 Å². The first-order valence-corrected chi connectivity index (χ1v) is 6.40. The second-order valence-electron chi connectivity index (χ2n) is 3.96. The molecule has 18 heavy (non-hydrogen) atoms. The van der Waals surface area contributed by atoms with Gasteiger partial charge in [0.05, 0.1) is 17.3 Å². The highest BCUT2D eigenvalue weighted by molar-refractivity contribution is 9.10. The van der Waals surface area contributed by atoms with Gasteiger partial charge in [-0.05, 0) is 40.2 Å². The van der Waals surface area contributed by atoms with Gasteiger partial charge in [-0.25, -0.2) is 0 Å². The highest BCUT2D eigenvalue weighted by Gasteiger charge is 2.01. The molecule has 0 spiro atoms. The summed E-state index contributed by atoms with van der Waals surface area (Å²) < 4.78 is 2.70. The number of hydrogen-bond donors (Lipinski definition) is 1. The first kappa shape index (κ1) is 12.7. The Kier molecular flexibility index (Phi) is 4.00. The summed E-state index contributed by atoms with van der Waals surface area (Å²) in [6.07, 6.45) is 2.81. The molecule has 0 atom stereocenters. The van der Waals surface area contributed by atoms with Crippen LogP contribution in [0.3, 0.4) is 0 Å². The van der Waals surface area contributed by atoms with Crippen LogP contribution in [0.25, 0.3) is 0 Å². The third-order valence-corrected chi connectivity index (χ3v) is 3.22. The second kappa shape index (κ2) is 5.69. The molecule has 2 rings (SSSR count). The molecule has 92 valence electrons. The summed E-state index contributed by atoms with van der Waals surface area (Å²) >= 11 is 3.45. The number of aryl methyl sites for hydroxylation is 1. The monoisotopic (exact) mass is 304 g/mol. The van der Waals surface area contributed by atoms with Crippen LogP contribution in [0.4, 0.5) is 5.69 Å². The quantitative estimate of drug-likeness (QED) is 0.945. The highest BCUT2D eigenvalue weighted by Crippen LogP contribution is 2.23. The topological polar surface area (TPSA) is 53.6 Å². The number of halogens is 1. The van der Waals surface area contributed by atoms with E-state index < -0.39 is 0 Å². The lowest BCUT2D eigenvalue weighted by atomic mass is 10.2. The highest BCUT2D eigenvalue weighted by atomic mass is 79.9. The maximum Gasteiger partial charge on any atom is 0.0992 e. The Morgan fingerprint density at radius 2 is 2.28 bits per heavy atom. The van der Waals surface area contributed by atoms with Crippen LogP contribution in [-0.2, 0) is 13.5 Å². The zero-order chi connectivity index (χ0) is 13.0. The lowest BCUT2D eigenvalue weighted by molar-refractivity contribution is 0.742. The van der Waals surface area contributed by atoms with Gasteiger partial charge in [0.2, 0.25) is 0 Å². The predicted octanol–water partition coefficient (Wildman–Crippen LogP) is 2.71. The molecule has 0 aliphatic rings. The first-order chi connectivity index (χ1) is 8.69. The largest absolute Gasteiger partial charge is 0.384 e. The van der Waals surface area contributed by atoms with Gasteiger partial charge >= 0.3 is 0 Å². The summed E-state index contributed by atoms with van der Waals surface area (Å²) in [5.74, 6) is 0. The van der Waals surface area contributed by atoms with Gasteiger partial charge in [-0.2, -0.15) is 10.4 Å². The molecule has 0 amide bonds. The summed E-state index contributed by atoms with van der Waals surface area (Å²) in [5, 5.41) is 16.4. The standard InChI is InChI=1S/C13H13BrN4/c1-18-7-5-11(17-18)4-6-16-13-3-2-10(9-15)8-12(13)14/h2-3,5,7-8,16H,4,6H2,1H3. The van der Waals surface area contributed by atoms with E-state index >= 15 is 0 Å². The first-order valence-electron chi connectivity index (χ1n) is 5.61. The minimum atomic E-state index is 0.650. The fraction of sp³-hybridized carbons (Fsp3) is 0.231. The Hall–Kier alpha value is -1.80. The molecule has 1 aromatic heterocycles. The number of benzene rings is 1. The molecular weight excluding hydrogens is 292 g/mol. The Labute approximate surface area is 114 Å². The minimum Gasteiger partial charge on any atom is -0.384 e. The summed E-state index contributed by atoms with van der Waals surface area (Å²) in [7, 11) is 1.91. The Bertz CT molecular complexity index is 583. The van der Waals surface area contributed by atoms with E-state index in [1.165, 1.54) is 0 Å². The van der Waals surface area contributed by atoms with Crippen molar-refractivity contribution in [3.63, 3.8) is 0 Å². The molecule has 0 fully saturated rings. The van der Waals surface area contributed by atoms with Crippen LogP contribution in [0.15, 0.2) is 34.9 Å². The van der Waals surface area contributed by atoms with Gasteiger partial charge in [0.15, 0.2) is 0 Å². The molecule has 0 unspecified atom stereocenters. The number of hydrogen-bond acceptors (Lipinski definition) is 3. The molecule has 5 heteroatoms. The molecular formula is C13H13BrN4. The van der Waals surface area contributed by atoms with Crippen LogP contribution < -0.4 is 5.32 Å². The Morgan fingerprint density at radius 3 is 2.89 bits per heavy atom. The van der Waals surface area contributed by atoms with E-state index in [0.717, 1.165) is 28.8 Å². The molecule has 0 saturated carbocycles. The predicted molar refractivity (Wildman–Crippen MR) is 74.3 cm³/mol. The molecule has 4 nitrogen and oxygen atoms in total. The molecule has 0 aliphatic heterocycles. The van der Waals surface area contributed by atoms with E-state index in [1.54, 1.807) is 10.7 Å². The van der Waals surface area contributed by atoms with Gasteiger partial charge in [-0.1, -0.05) is 0 Å². The van der Waals surface area contributed by atoms with Gasteiger partial charge in [-0.3, -0.25) is 4.68 Å². The molecule has 1 heterocycles. The lowest BCUT2D eigenvalue weighted by Gasteiger charge is -2.07. The zero-order valence-electron chi connectivity index (χ0n) is 10.0. The Balaban J connectivity index is 1.92. The van der Waals surface area contributed by atoms with Crippen LogP contribution in [0.1, 0.15) is 11.3 Å². The summed E-state index contributed by atoms with van der Waals surface area (Å²) in [6.45, 7) is 0.807. The fourth-order valence-corrected chi connectivity index (χ4v) is 2.17. The zero-order valence-corrected chi connectivity index (χ0v) is 11.6. The SMILES string of the molecule is Cn1ccc(CCNc2ccc(C#N)cc2Br)n1. The van der Waals surface area contributed by atoms with Gasteiger partial charge < -0.3 is 5.32 Å². The van der Waals surface area contributed by atoms with E-state index in [0.29, 0.717) is 5.56 Å². The fourth-order valence-electron chi connectivity index (χ4n) is 1.65. The van der Waals surface area contributed by atoms with E-state index in [1.807, 2.05) is 31.4 Å². The number of nitrogens with zero attached hydrogens (tertiary/aromatic N) is 3. The van der Waals surface area contributed by atoms with Crippen LogP contribution in [-0.4, -0.2) is 16.3 Å². The Morgan fingerprint density at radius 1 is 1.44 bits per heavy atom. The van der Waals surface area contributed by atoms with Crippen molar-refractivity contribution < 1.29 is 0 Å². The van der Waals surface area contributed by atoms with Crippen LogP contribution in [0.5, 0.6) is 0 Å². The summed E-state index contributed by atoms with van der Waals surface area (Å²) in [6, 6.07) is 9.63. The third-order valence-electron chi connectivity index (χ3n) is 2.56. The van der Waals surface area contributed by atoms with Crippen molar-refractivity contribution in [2.75, 3.05) is 11.9 Å². The maximum absolute atomic E-state index is 8.78. The summed E-state index contributed by atoms with van der Waals surface area (Å²) in [5.41, 5.74) is 2.71. The summed E-state index contributed by atoms with van der Waals surface area (Å²) in [4.78, 5) is 0. The van der Waals surface area contributed by atoms with Crippen molar-refractivity contribution in [3.05, 3.63) is 46.2 Å². The van der Waals surface area contributed by atoms with Gasteiger partial charge in [-0.15, -0.1) is 0 Å². The number of anilines is 1. The molecule has 2 aromatic rings. The number of nitrogens with one attached hydrogen (secondary N) is 1. The number of aromatic nitrogens is 2. The molecule has 0 saturated heterocycles. The maximum atomic E-state index is 8.78. The second-order valence-corrected chi connectivity index (χ2v) is 4.82. The van der Waals surface area contributed by atoms with Crippen LogP contribution in [0, 0.1) is 11.3 Å². The normalized spacial score (nSPS) is 10.1. The van der Waals surface area contributed by atoms with Crippen molar-refractivity contribution in [3.8, 4) is 6.07 Å². The van der Waals surface area contributed by atoms with Crippen LogP contribution in [0.2, 0.25) is 0 Å². The van der Waals surface area contributed by atoms with Crippen molar-refractivity contribution in [1.29, 1.82) is 5.26 Å². The van der Waals surface area contributed by atoms with Crippen molar-refractivity contribution in [2.45, 2.75) is 6.42 Å². The van der Waals surface area contributed by atoms with Crippen molar-refractivity contribution >= 4 is 21.6 Å². The molecule has 0 bridgehead atoms. The average Bonchev–Trinajstić information content (AvgIpc) is 2.77. The van der Waals surface area contributed by atoms with Crippen LogP contribution >= 0.6 is 15.9 Å². The minimum absolute atomic E-state index is 0.650. The van der Waals surface area contributed by atoms with E-state index in [4.69, 9.17) is 5.26 Å². The third kappa shape index (κ3) is 3.11. The van der Waals surface area contributed by atoms with Crippen molar-refractivity contribution in [1.82, 2.24) is 9.78 Å². The lowest BCUT2D eigenvalue weighted by Crippen LogP contribution is -2.06. The van der Waals surface area contributed by atoms with Gasteiger partial charge in [0, 0.05) is 36.4 Å². The number of nitriles is 1. The van der Waals surface area contributed by atoms with Gasteiger partial charge in [0.1, 0.15) is 0 Å². The van der Waals surface area contributed by atoms with Gasteiger partial charge in [0.25, 0.3) is 0 Å². The molecule has 0 radical (unpaired) electrons. The smallest absolute Gasteiger partial charge is 0.0992 e. The average molecular weight is 305 g/mol. The van der Waals surface area contributed by atoms with E-state index in [9.17, 15) is 0 Å². The molecule has 1 N–H and O–H groups in total. The van der Waals surface area contributed by atoms with E-state index in [-0.39, 0.29) is 0 Å². The molecule has 0 aliphatic carbocycles. The van der Waals surface area contributed by atoms with Crippen molar-refractivity contribution in [2.24, 2.45) is 7.05 Å².